The van der Waals surface area contributed by atoms with Crippen LogP contribution in [0.25, 0.3) is 10.9 Å². The Kier molecular flexibility index (Phi) is 3.11. The number of nitrogens with one attached hydrogen (secondary N) is 2. The first-order chi connectivity index (χ1) is 8.92. The Morgan fingerprint density at radius 2 is 2.00 bits per heavy atom. The van der Waals surface area contributed by atoms with E-state index in [-0.39, 0.29) is 0 Å². The van der Waals surface area contributed by atoms with Gasteiger partial charge in [-0.1, -0.05) is 36.4 Å². The second-order valence-corrected chi connectivity index (χ2v) is 4.40. The molecule has 3 rings (SSSR count). The normalized spacial score (nSPS) is 10.9. The molecule has 0 spiro atoms. The molecule has 0 aliphatic heterocycles. The Labute approximate surface area is 107 Å². The van der Waals surface area contributed by atoms with Gasteiger partial charge in [0, 0.05) is 24.3 Å². The Bertz CT molecular complexity index is 593. The first-order valence-electron chi connectivity index (χ1n) is 6.14. The van der Waals surface area contributed by atoms with Gasteiger partial charge in [0.2, 0.25) is 0 Å². The van der Waals surface area contributed by atoms with E-state index < -0.39 is 0 Å². The van der Waals surface area contributed by atoms with Crippen molar-refractivity contribution in [1.82, 2.24) is 10.3 Å². The molecule has 0 fully saturated rings. The molecular weight excluding hydrogens is 220 g/mol. The molecule has 0 atom stereocenters. The van der Waals surface area contributed by atoms with Crippen LogP contribution in [0.4, 0.5) is 0 Å². The molecule has 1 aromatic heterocycles. The van der Waals surface area contributed by atoms with Crippen LogP contribution in [0.3, 0.4) is 0 Å². The van der Waals surface area contributed by atoms with Crippen LogP contribution in [0.2, 0.25) is 0 Å². The summed E-state index contributed by atoms with van der Waals surface area (Å²) in [7, 11) is 0. The van der Waals surface area contributed by atoms with Crippen LogP contribution in [-0.2, 0) is 13.1 Å². The summed E-state index contributed by atoms with van der Waals surface area (Å²) in [4.78, 5) is 3.41. The number of aromatic nitrogens is 1. The van der Waals surface area contributed by atoms with Gasteiger partial charge in [0.1, 0.15) is 0 Å². The number of rotatable bonds is 4. The van der Waals surface area contributed by atoms with E-state index in [1.165, 1.54) is 22.2 Å². The van der Waals surface area contributed by atoms with Crippen molar-refractivity contribution >= 4 is 10.9 Å². The molecule has 2 nitrogen and oxygen atoms in total. The molecule has 0 saturated heterocycles. The van der Waals surface area contributed by atoms with Gasteiger partial charge in [-0.15, -0.1) is 0 Å². The maximum Gasteiger partial charge on any atom is 0.0456 e. The Balaban J connectivity index is 1.63. The first kappa shape index (κ1) is 11.1. The highest BCUT2D eigenvalue weighted by molar-refractivity contribution is 5.80. The lowest BCUT2D eigenvalue weighted by Crippen LogP contribution is -2.12. The molecule has 1 heterocycles. The third-order valence-corrected chi connectivity index (χ3v) is 3.00. The molecular formula is C16H15N2. The van der Waals surface area contributed by atoms with Crippen molar-refractivity contribution in [1.29, 1.82) is 0 Å². The molecule has 2 aromatic carbocycles. The van der Waals surface area contributed by atoms with E-state index in [0.29, 0.717) is 0 Å². The molecule has 0 bridgehead atoms. The maximum atomic E-state index is 3.43. The highest BCUT2D eigenvalue weighted by atomic mass is 14.9. The predicted molar refractivity (Wildman–Crippen MR) is 74.1 cm³/mol. The van der Waals surface area contributed by atoms with E-state index >= 15 is 0 Å². The van der Waals surface area contributed by atoms with Crippen molar-refractivity contribution in [2.75, 3.05) is 0 Å². The number of hydrogen-bond acceptors (Lipinski definition) is 1. The molecule has 1 radical (unpaired) electrons. The van der Waals surface area contributed by atoms with E-state index in [1.54, 1.807) is 0 Å². The maximum absolute atomic E-state index is 3.43. The van der Waals surface area contributed by atoms with E-state index in [2.05, 4.69) is 52.8 Å². The van der Waals surface area contributed by atoms with Crippen LogP contribution in [0.15, 0.2) is 54.6 Å². The monoisotopic (exact) mass is 235 g/mol. The second kappa shape index (κ2) is 5.07. The molecule has 0 amide bonds. The largest absolute Gasteiger partial charge is 0.357 e. The fourth-order valence-corrected chi connectivity index (χ4v) is 2.11. The number of hydrogen-bond donors (Lipinski definition) is 2. The molecule has 89 valence electrons. The Morgan fingerprint density at radius 3 is 2.83 bits per heavy atom. The molecule has 3 aromatic rings. The van der Waals surface area contributed by atoms with Gasteiger partial charge in [0.05, 0.1) is 0 Å². The van der Waals surface area contributed by atoms with Crippen LogP contribution in [-0.4, -0.2) is 4.98 Å². The fraction of sp³-hybridized carbons (Fsp3) is 0.125. The molecule has 18 heavy (non-hydrogen) atoms. The fourth-order valence-electron chi connectivity index (χ4n) is 2.11. The van der Waals surface area contributed by atoms with Gasteiger partial charge >= 0.3 is 0 Å². The summed E-state index contributed by atoms with van der Waals surface area (Å²) in [5.74, 6) is 0. The lowest BCUT2D eigenvalue weighted by molar-refractivity contribution is 0.683. The number of benzene rings is 2. The van der Waals surface area contributed by atoms with Crippen LogP contribution in [0, 0.1) is 6.07 Å². The van der Waals surface area contributed by atoms with Gasteiger partial charge in [0.15, 0.2) is 0 Å². The van der Waals surface area contributed by atoms with E-state index in [1.807, 2.05) is 18.2 Å². The van der Waals surface area contributed by atoms with Crippen LogP contribution in [0.5, 0.6) is 0 Å². The van der Waals surface area contributed by atoms with Crippen molar-refractivity contribution in [2.24, 2.45) is 0 Å². The van der Waals surface area contributed by atoms with Crippen molar-refractivity contribution < 1.29 is 0 Å². The van der Waals surface area contributed by atoms with E-state index in [4.69, 9.17) is 0 Å². The van der Waals surface area contributed by atoms with Gasteiger partial charge in [-0.05, 0) is 35.2 Å². The average molecular weight is 235 g/mol. The molecule has 2 N–H and O–H groups in total. The van der Waals surface area contributed by atoms with Gasteiger partial charge in [-0.2, -0.15) is 0 Å². The minimum absolute atomic E-state index is 0.851. The summed E-state index contributed by atoms with van der Waals surface area (Å²) in [6.07, 6.45) is 0. The van der Waals surface area contributed by atoms with E-state index in [9.17, 15) is 0 Å². The highest BCUT2D eigenvalue weighted by Gasteiger charge is 1.99. The Morgan fingerprint density at radius 1 is 1.06 bits per heavy atom. The zero-order valence-corrected chi connectivity index (χ0v) is 10.1. The molecule has 0 unspecified atom stereocenters. The minimum Gasteiger partial charge on any atom is -0.357 e. The zero-order valence-electron chi connectivity index (χ0n) is 10.1. The number of para-hydroxylation sites is 1. The third-order valence-electron chi connectivity index (χ3n) is 3.00. The van der Waals surface area contributed by atoms with E-state index in [0.717, 1.165) is 13.1 Å². The first-order valence-corrected chi connectivity index (χ1v) is 6.14. The topological polar surface area (TPSA) is 27.8 Å². The Hall–Kier alpha value is -2.06. The summed E-state index contributed by atoms with van der Waals surface area (Å²) in [5.41, 5.74) is 3.67. The van der Waals surface area contributed by atoms with Crippen molar-refractivity contribution in [3.63, 3.8) is 0 Å². The number of fused-ring (bicyclic) bond motifs is 1. The number of H-pyrrole nitrogens is 1. The standard InChI is InChI=1S/C16H15N2/c1-2-6-13(7-3-1)11-17-12-15-10-14-8-4-5-9-16(14)18-15/h1-2,4-10,17-18H,11-12H2. The molecule has 0 aliphatic rings. The summed E-state index contributed by atoms with van der Waals surface area (Å²) >= 11 is 0. The summed E-state index contributed by atoms with van der Waals surface area (Å²) in [6, 6.07) is 21.7. The van der Waals surface area contributed by atoms with Crippen molar-refractivity contribution in [2.45, 2.75) is 13.1 Å². The predicted octanol–water partition coefficient (Wildman–Crippen LogP) is 3.26. The molecule has 2 heteroatoms. The van der Waals surface area contributed by atoms with Crippen LogP contribution < -0.4 is 5.32 Å². The lowest BCUT2D eigenvalue weighted by atomic mass is 10.2. The van der Waals surface area contributed by atoms with Crippen LogP contribution in [0.1, 0.15) is 11.3 Å². The quantitative estimate of drug-likeness (QED) is 0.713. The summed E-state index contributed by atoms with van der Waals surface area (Å²) < 4.78 is 0. The summed E-state index contributed by atoms with van der Waals surface area (Å²) in [5, 5.41) is 4.69. The van der Waals surface area contributed by atoms with Crippen molar-refractivity contribution in [3.05, 3.63) is 71.9 Å². The molecule has 0 saturated carbocycles. The SMILES string of the molecule is [c]1cccc(CNCc2cc3ccccc3[nH]2)c1. The zero-order chi connectivity index (χ0) is 12.2. The number of aromatic amines is 1. The summed E-state index contributed by atoms with van der Waals surface area (Å²) in [6.45, 7) is 1.72. The average Bonchev–Trinajstić information content (AvgIpc) is 2.82. The van der Waals surface area contributed by atoms with Crippen molar-refractivity contribution in [3.8, 4) is 0 Å². The van der Waals surface area contributed by atoms with Crippen LogP contribution >= 0.6 is 0 Å². The molecule has 0 aliphatic carbocycles. The lowest BCUT2D eigenvalue weighted by Gasteiger charge is -2.02. The highest BCUT2D eigenvalue weighted by Crippen LogP contribution is 2.14. The van der Waals surface area contributed by atoms with Gasteiger partial charge < -0.3 is 10.3 Å². The van der Waals surface area contributed by atoms with Gasteiger partial charge in [0.25, 0.3) is 0 Å². The smallest absolute Gasteiger partial charge is 0.0456 e. The second-order valence-electron chi connectivity index (χ2n) is 4.40. The van der Waals surface area contributed by atoms with Gasteiger partial charge in [-0.25, -0.2) is 0 Å². The van der Waals surface area contributed by atoms with Gasteiger partial charge in [-0.3, -0.25) is 0 Å². The minimum atomic E-state index is 0.851. The third kappa shape index (κ3) is 2.44.